The number of azide groups is 1. The Bertz CT molecular complexity index is 851. The minimum absolute atomic E-state index is 0.0575. The quantitative estimate of drug-likeness (QED) is 0.398. The number of nitrogens with zero attached hydrogens (tertiary/aromatic N) is 7. The van der Waals surface area contributed by atoms with Gasteiger partial charge in [0.15, 0.2) is 0 Å². The molecule has 1 aromatic heterocycles. The van der Waals surface area contributed by atoms with Gasteiger partial charge in [-0.15, -0.1) is 0 Å². The van der Waals surface area contributed by atoms with Crippen LogP contribution in [0, 0.1) is 0 Å². The van der Waals surface area contributed by atoms with Crippen molar-refractivity contribution >= 4 is 17.5 Å². The lowest BCUT2D eigenvalue weighted by molar-refractivity contribution is -0.0779. The van der Waals surface area contributed by atoms with Crippen LogP contribution in [-0.2, 0) is 11.2 Å². The van der Waals surface area contributed by atoms with Crippen molar-refractivity contribution in [2.24, 2.45) is 5.11 Å². The summed E-state index contributed by atoms with van der Waals surface area (Å²) in [5.74, 6) is 0.803. The first-order valence-electron chi connectivity index (χ1n) is 10.4. The van der Waals surface area contributed by atoms with Crippen molar-refractivity contribution in [3.05, 3.63) is 63.8 Å². The van der Waals surface area contributed by atoms with Crippen molar-refractivity contribution in [3.8, 4) is 0 Å². The van der Waals surface area contributed by atoms with Crippen molar-refractivity contribution in [2.45, 2.75) is 37.5 Å². The number of halogens is 1. The molecule has 0 radical (unpaired) electrons. The van der Waals surface area contributed by atoms with Crippen LogP contribution in [0.4, 0.5) is 5.95 Å². The number of hydrogen-bond donors (Lipinski definition) is 0. The van der Waals surface area contributed by atoms with Gasteiger partial charge in [-0.3, -0.25) is 4.90 Å². The van der Waals surface area contributed by atoms with Gasteiger partial charge in [-0.1, -0.05) is 28.8 Å². The standard InChI is InChI=1S/C21H26ClN7O/c22-17-4-2-16(3-5-17)12-19-15-30-20(13-26-27-23)14-29(19)18-6-10-28(11-7-18)21-24-8-1-9-25-21/h1-5,8-9,18-20H,6-7,10-15H2/t19?,20-/m0/s1. The predicted molar refractivity (Wildman–Crippen MR) is 117 cm³/mol. The van der Waals surface area contributed by atoms with Crippen LogP contribution >= 0.6 is 11.6 Å². The summed E-state index contributed by atoms with van der Waals surface area (Å²) in [5, 5.41) is 4.49. The maximum absolute atomic E-state index is 8.68. The molecule has 0 spiro atoms. The second-order valence-corrected chi connectivity index (χ2v) is 8.25. The Morgan fingerprint density at radius 3 is 2.60 bits per heavy atom. The molecule has 2 aromatic rings. The highest BCUT2D eigenvalue weighted by Gasteiger charge is 2.35. The van der Waals surface area contributed by atoms with Gasteiger partial charge in [0.1, 0.15) is 0 Å². The zero-order chi connectivity index (χ0) is 20.8. The number of benzene rings is 1. The van der Waals surface area contributed by atoms with Crippen molar-refractivity contribution in [1.29, 1.82) is 0 Å². The molecule has 2 aliphatic heterocycles. The van der Waals surface area contributed by atoms with Gasteiger partial charge in [-0.2, -0.15) is 0 Å². The Labute approximate surface area is 181 Å². The summed E-state index contributed by atoms with van der Waals surface area (Å²) in [7, 11) is 0. The predicted octanol–water partition coefficient (Wildman–Crippen LogP) is 3.72. The van der Waals surface area contributed by atoms with E-state index in [4.69, 9.17) is 21.9 Å². The van der Waals surface area contributed by atoms with E-state index in [9.17, 15) is 0 Å². The van der Waals surface area contributed by atoms with Gasteiger partial charge in [-0.05, 0) is 48.6 Å². The van der Waals surface area contributed by atoms with E-state index in [0.717, 1.165) is 49.9 Å². The van der Waals surface area contributed by atoms with Crippen LogP contribution in [0.3, 0.4) is 0 Å². The minimum atomic E-state index is -0.0575. The lowest BCUT2D eigenvalue weighted by atomic mass is 9.96. The summed E-state index contributed by atoms with van der Waals surface area (Å²) in [6.07, 6.45) is 6.52. The van der Waals surface area contributed by atoms with Gasteiger partial charge in [0, 0.05) is 54.0 Å². The average molecular weight is 428 g/mol. The number of anilines is 1. The molecule has 3 heterocycles. The Kier molecular flexibility index (Phi) is 7.02. The fourth-order valence-corrected chi connectivity index (χ4v) is 4.51. The number of morpholine rings is 1. The van der Waals surface area contributed by atoms with Crippen molar-refractivity contribution in [2.75, 3.05) is 37.7 Å². The van der Waals surface area contributed by atoms with E-state index in [1.54, 1.807) is 12.4 Å². The fourth-order valence-electron chi connectivity index (χ4n) is 4.39. The van der Waals surface area contributed by atoms with Crippen LogP contribution in [0.1, 0.15) is 18.4 Å². The largest absolute Gasteiger partial charge is 0.375 e. The van der Waals surface area contributed by atoms with Crippen molar-refractivity contribution in [1.82, 2.24) is 14.9 Å². The summed E-state index contributed by atoms with van der Waals surface area (Å²) in [6.45, 7) is 3.65. The Hall–Kier alpha value is -2.38. The molecule has 2 aliphatic rings. The number of ether oxygens (including phenoxy) is 1. The van der Waals surface area contributed by atoms with Gasteiger partial charge < -0.3 is 9.64 Å². The zero-order valence-electron chi connectivity index (χ0n) is 16.8. The van der Waals surface area contributed by atoms with E-state index < -0.39 is 0 Å². The molecule has 0 saturated carbocycles. The molecule has 0 amide bonds. The topological polar surface area (TPSA) is 90.3 Å². The summed E-state index contributed by atoms with van der Waals surface area (Å²) in [4.78, 5) is 16.5. The first-order chi connectivity index (χ1) is 14.7. The molecule has 1 unspecified atom stereocenters. The maximum Gasteiger partial charge on any atom is 0.225 e. The number of piperidine rings is 1. The second kappa shape index (κ2) is 10.1. The molecule has 0 aliphatic carbocycles. The Morgan fingerprint density at radius 1 is 1.17 bits per heavy atom. The maximum atomic E-state index is 8.68. The van der Waals surface area contributed by atoms with Gasteiger partial charge in [0.25, 0.3) is 0 Å². The average Bonchev–Trinajstić information content (AvgIpc) is 2.80. The first kappa shape index (κ1) is 20.9. The second-order valence-electron chi connectivity index (χ2n) is 7.82. The summed E-state index contributed by atoms with van der Waals surface area (Å²) < 4.78 is 6.04. The zero-order valence-corrected chi connectivity index (χ0v) is 17.6. The lowest BCUT2D eigenvalue weighted by Gasteiger charge is -2.46. The van der Waals surface area contributed by atoms with Crippen molar-refractivity contribution in [3.63, 3.8) is 0 Å². The fraction of sp³-hybridized carbons (Fsp3) is 0.524. The van der Waals surface area contributed by atoms with Gasteiger partial charge >= 0.3 is 0 Å². The smallest absolute Gasteiger partial charge is 0.225 e. The molecule has 0 N–H and O–H groups in total. The minimum Gasteiger partial charge on any atom is -0.375 e. The molecule has 2 atom stereocenters. The molecule has 2 fully saturated rings. The summed E-state index contributed by atoms with van der Waals surface area (Å²) >= 11 is 6.05. The van der Waals surface area contributed by atoms with Crippen LogP contribution in [0.15, 0.2) is 47.8 Å². The molecule has 2 saturated heterocycles. The third kappa shape index (κ3) is 5.21. The van der Waals surface area contributed by atoms with Crippen molar-refractivity contribution < 1.29 is 4.74 Å². The normalized spacial score (nSPS) is 23.2. The van der Waals surface area contributed by atoms with Crippen LogP contribution < -0.4 is 4.90 Å². The van der Waals surface area contributed by atoms with Crippen LogP contribution in [0.25, 0.3) is 10.4 Å². The van der Waals surface area contributed by atoms with E-state index in [1.165, 1.54) is 5.56 Å². The highest BCUT2D eigenvalue weighted by Crippen LogP contribution is 2.26. The lowest BCUT2D eigenvalue weighted by Crippen LogP contribution is -2.57. The van der Waals surface area contributed by atoms with Crippen LogP contribution in [0.2, 0.25) is 5.02 Å². The molecular weight excluding hydrogens is 402 g/mol. The number of rotatable bonds is 6. The van der Waals surface area contributed by atoms with Gasteiger partial charge in [0.2, 0.25) is 5.95 Å². The molecule has 30 heavy (non-hydrogen) atoms. The molecule has 9 heteroatoms. The van der Waals surface area contributed by atoms with Gasteiger partial charge in [0.05, 0.1) is 19.3 Å². The number of aromatic nitrogens is 2. The summed E-state index contributed by atoms with van der Waals surface area (Å²) in [6, 6.07) is 10.6. The van der Waals surface area contributed by atoms with E-state index in [0.29, 0.717) is 19.2 Å². The molecule has 8 nitrogen and oxygen atoms in total. The molecule has 1 aromatic carbocycles. The Morgan fingerprint density at radius 2 is 1.90 bits per heavy atom. The molecule has 158 valence electrons. The van der Waals surface area contributed by atoms with Crippen LogP contribution in [0.5, 0.6) is 0 Å². The molecule has 4 rings (SSSR count). The van der Waals surface area contributed by atoms with E-state index in [-0.39, 0.29) is 12.1 Å². The highest BCUT2D eigenvalue weighted by atomic mass is 35.5. The van der Waals surface area contributed by atoms with Crippen LogP contribution in [-0.4, -0.2) is 65.8 Å². The highest BCUT2D eigenvalue weighted by molar-refractivity contribution is 6.30. The number of hydrogen-bond acceptors (Lipinski definition) is 6. The van der Waals surface area contributed by atoms with Gasteiger partial charge in [-0.25, -0.2) is 9.97 Å². The van der Waals surface area contributed by atoms with E-state index >= 15 is 0 Å². The SMILES string of the molecule is [N-]=[N+]=NC[C@H]1CN(C2CCN(c3ncccn3)CC2)C(Cc2ccc(Cl)cc2)CO1. The third-order valence-electron chi connectivity index (χ3n) is 5.91. The Balaban J connectivity index is 1.44. The summed E-state index contributed by atoms with van der Waals surface area (Å²) in [5.41, 5.74) is 9.93. The molecular formula is C21H26ClN7O. The van der Waals surface area contributed by atoms with E-state index in [1.807, 2.05) is 18.2 Å². The monoisotopic (exact) mass is 427 g/mol. The van der Waals surface area contributed by atoms with E-state index in [2.05, 4.69) is 41.9 Å². The first-order valence-corrected chi connectivity index (χ1v) is 10.8. The third-order valence-corrected chi connectivity index (χ3v) is 6.16. The molecule has 0 bridgehead atoms.